The molecule has 0 saturated carbocycles. The molecular weight excluding hydrogens is 388 g/mol. The van der Waals surface area contributed by atoms with Crippen molar-refractivity contribution in [2.24, 2.45) is 0 Å². The number of benzene rings is 1. The molecule has 0 aromatic heterocycles. The number of carbonyl (C=O) groups excluding carboxylic acids is 1. The van der Waals surface area contributed by atoms with Gasteiger partial charge in [0.1, 0.15) is 0 Å². The zero-order valence-corrected chi connectivity index (χ0v) is 18.1. The summed E-state index contributed by atoms with van der Waals surface area (Å²) in [5.74, 6) is -0.329. The van der Waals surface area contributed by atoms with E-state index in [4.69, 9.17) is 0 Å². The molecule has 1 atom stereocenters. The van der Waals surface area contributed by atoms with Crippen molar-refractivity contribution >= 4 is 25.8 Å². The summed E-state index contributed by atoms with van der Waals surface area (Å²) >= 11 is 0. The SMILES string of the molecule is Cc1c(C)c(C)c(S(=O)(=O)NCCC(=O)NC2CCS(=O)(=O)C2)c(C)c1C. The number of rotatable bonds is 6. The molecule has 1 heterocycles. The van der Waals surface area contributed by atoms with E-state index in [-0.39, 0.29) is 41.3 Å². The summed E-state index contributed by atoms with van der Waals surface area (Å²) in [5, 5.41) is 2.66. The Morgan fingerprint density at radius 3 is 2.00 bits per heavy atom. The molecule has 0 spiro atoms. The first-order valence-corrected chi connectivity index (χ1v) is 12.2. The highest BCUT2D eigenvalue weighted by molar-refractivity contribution is 7.91. The summed E-state index contributed by atoms with van der Waals surface area (Å²) in [6.07, 6.45) is 0.359. The third-order valence-electron chi connectivity index (χ3n) is 5.44. The fraction of sp³-hybridized carbons (Fsp3) is 0.611. The number of hydrogen-bond donors (Lipinski definition) is 2. The van der Waals surface area contributed by atoms with Gasteiger partial charge in [0, 0.05) is 19.0 Å². The first-order valence-electron chi connectivity index (χ1n) is 8.92. The van der Waals surface area contributed by atoms with E-state index in [1.807, 2.05) is 20.8 Å². The fourth-order valence-corrected chi connectivity index (χ4v) is 6.75. The second-order valence-corrected chi connectivity index (χ2v) is 11.2. The van der Waals surface area contributed by atoms with Gasteiger partial charge in [0.25, 0.3) is 0 Å². The van der Waals surface area contributed by atoms with Gasteiger partial charge in [-0.05, 0) is 68.9 Å². The quantitative estimate of drug-likeness (QED) is 0.724. The Hall–Kier alpha value is -1.45. The van der Waals surface area contributed by atoms with Crippen molar-refractivity contribution in [1.29, 1.82) is 0 Å². The van der Waals surface area contributed by atoms with Crippen molar-refractivity contribution in [3.05, 3.63) is 27.8 Å². The summed E-state index contributed by atoms with van der Waals surface area (Å²) < 4.78 is 50.9. The van der Waals surface area contributed by atoms with Crippen molar-refractivity contribution in [2.45, 2.75) is 58.4 Å². The van der Waals surface area contributed by atoms with Crippen LogP contribution in [0.5, 0.6) is 0 Å². The third kappa shape index (κ3) is 4.89. The molecule has 0 bridgehead atoms. The van der Waals surface area contributed by atoms with Gasteiger partial charge < -0.3 is 5.32 Å². The number of amides is 1. The lowest BCUT2D eigenvalue weighted by Gasteiger charge is -2.19. The Morgan fingerprint density at radius 1 is 1.00 bits per heavy atom. The van der Waals surface area contributed by atoms with Crippen LogP contribution in [0.1, 0.15) is 40.7 Å². The molecule has 1 fully saturated rings. The van der Waals surface area contributed by atoms with Gasteiger partial charge in [-0.2, -0.15) is 0 Å². The van der Waals surface area contributed by atoms with Gasteiger partial charge in [0.05, 0.1) is 16.4 Å². The normalized spacial score (nSPS) is 19.2. The van der Waals surface area contributed by atoms with Gasteiger partial charge in [-0.3, -0.25) is 4.79 Å². The molecular formula is C18H28N2O5S2. The van der Waals surface area contributed by atoms with Crippen molar-refractivity contribution in [3.63, 3.8) is 0 Å². The standard InChI is InChI=1S/C18H28N2O5S2/c1-11-12(2)14(4)18(15(5)13(11)3)27(24,25)19-8-6-17(21)20-16-7-9-26(22,23)10-16/h16,19H,6-10H2,1-5H3,(H,20,21). The number of nitrogens with one attached hydrogen (secondary N) is 2. The highest BCUT2D eigenvalue weighted by Gasteiger charge is 2.29. The number of sulfone groups is 1. The van der Waals surface area contributed by atoms with Crippen molar-refractivity contribution in [2.75, 3.05) is 18.1 Å². The number of sulfonamides is 1. The van der Waals surface area contributed by atoms with Crippen LogP contribution in [0.2, 0.25) is 0 Å². The van der Waals surface area contributed by atoms with Crippen LogP contribution in [0.4, 0.5) is 0 Å². The van der Waals surface area contributed by atoms with Gasteiger partial charge in [-0.15, -0.1) is 0 Å². The van der Waals surface area contributed by atoms with Crippen LogP contribution in [0, 0.1) is 34.6 Å². The van der Waals surface area contributed by atoms with Crippen molar-refractivity contribution in [3.8, 4) is 0 Å². The molecule has 27 heavy (non-hydrogen) atoms. The molecule has 152 valence electrons. The number of hydrogen-bond acceptors (Lipinski definition) is 5. The van der Waals surface area contributed by atoms with E-state index < -0.39 is 19.9 Å². The molecule has 0 aliphatic carbocycles. The first kappa shape index (κ1) is 21.8. The van der Waals surface area contributed by atoms with Crippen LogP contribution in [-0.4, -0.2) is 46.8 Å². The Balaban J connectivity index is 2.03. The maximum atomic E-state index is 12.8. The summed E-state index contributed by atoms with van der Waals surface area (Å²) in [5.41, 5.74) is 4.39. The van der Waals surface area contributed by atoms with Gasteiger partial charge in [0.15, 0.2) is 9.84 Å². The van der Waals surface area contributed by atoms with Crippen LogP contribution in [0.3, 0.4) is 0 Å². The van der Waals surface area contributed by atoms with Gasteiger partial charge in [-0.1, -0.05) is 0 Å². The summed E-state index contributed by atoms with van der Waals surface area (Å²) in [6, 6.07) is -0.383. The maximum absolute atomic E-state index is 12.8. The van der Waals surface area contributed by atoms with E-state index in [1.165, 1.54) is 0 Å². The molecule has 1 aromatic rings. The summed E-state index contributed by atoms with van der Waals surface area (Å²) in [4.78, 5) is 12.2. The summed E-state index contributed by atoms with van der Waals surface area (Å²) in [6.45, 7) is 9.31. The van der Waals surface area contributed by atoms with Crippen molar-refractivity contribution in [1.82, 2.24) is 10.0 Å². The van der Waals surface area contributed by atoms with Crippen LogP contribution < -0.4 is 10.0 Å². The molecule has 1 aliphatic heterocycles. The average Bonchev–Trinajstić information content (AvgIpc) is 2.89. The molecule has 1 aliphatic rings. The molecule has 1 unspecified atom stereocenters. The molecule has 2 rings (SSSR count). The fourth-order valence-electron chi connectivity index (χ4n) is 3.45. The average molecular weight is 417 g/mol. The predicted octanol–water partition coefficient (Wildman–Crippen LogP) is 1.20. The Bertz CT molecular complexity index is 937. The zero-order chi connectivity index (χ0) is 20.6. The topological polar surface area (TPSA) is 109 Å². The van der Waals surface area contributed by atoms with E-state index >= 15 is 0 Å². The lowest BCUT2D eigenvalue weighted by Crippen LogP contribution is -2.37. The highest BCUT2D eigenvalue weighted by Crippen LogP contribution is 2.29. The van der Waals surface area contributed by atoms with Gasteiger partial charge >= 0.3 is 0 Å². The second-order valence-electron chi connectivity index (χ2n) is 7.27. The second kappa shape index (κ2) is 7.89. The number of carbonyl (C=O) groups is 1. The maximum Gasteiger partial charge on any atom is 0.241 e. The minimum absolute atomic E-state index is 0.0432. The van der Waals surface area contributed by atoms with Gasteiger partial charge in [-0.25, -0.2) is 21.6 Å². The third-order valence-corrected chi connectivity index (χ3v) is 8.94. The van der Waals surface area contributed by atoms with E-state index in [1.54, 1.807) is 13.8 Å². The smallest absolute Gasteiger partial charge is 0.241 e. The van der Waals surface area contributed by atoms with Crippen LogP contribution >= 0.6 is 0 Å². The largest absolute Gasteiger partial charge is 0.352 e. The molecule has 1 aromatic carbocycles. The molecule has 2 N–H and O–H groups in total. The monoisotopic (exact) mass is 416 g/mol. The zero-order valence-electron chi connectivity index (χ0n) is 16.5. The molecule has 0 radical (unpaired) electrons. The molecule has 7 nitrogen and oxygen atoms in total. The minimum atomic E-state index is -3.75. The lowest BCUT2D eigenvalue weighted by atomic mass is 9.95. The lowest BCUT2D eigenvalue weighted by molar-refractivity contribution is -0.121. The minimum Gasteiger partial charge on any atom is -0.352 e. The van der Waals surface area contributed by atoms with E-state index in [0.29, 0.717) is 17.5 Å². The molecule has 1 amide bonds. The Kier molecular flexibility index (Phi) is 6.38. The van der Waals surface area contributed by atoms with E-state index in [0.717, 1.165) is 16.7 Å². The van der Waals surface area contributed by atoms with E-state index in [9.17, 15) is 21.6 Å². The van der Waals surface area contributed by atoms with Crippen molar-refractivity contribution < 1.29 is 21.6 Å². The van der Waals surface area contributed by atoms with E-state index in [2.05, 4.69) is 10.0 Å². The van der Waals surface area contributed by atoms with Crippen LogP contribution in [-0.2, 0) is 24.7 Å². The summed E-state index contributed by atoms with van der Waals surface area (Å²) in [7, 11) is -6.82. The Labute approximate surface area is 161 Å². The van der Waals surface area contributed by atoms with Crippen LogP contribution in [0.15, 0.2) is 4.90 Å². The molecule has 1 saturated heterocycles. The Morgan fingerprint density at radius 2 is 1.52 bits per heavy atom. The highest BCUT2D eigenvalue weighted by atomic mass is 32.2. The van der Waals surface area contributed by atoms with Gasteiger partial charge in [0.2, 0.25) is 15.9 Å². The van der Waals surface area contributed by atoms with Crippen LogP contribution in [0.25, 0.3) is 0 Å². The molecule has 9 heteroatoms. The predicted molar refractivity (Wildman–Crippen MR) is 105 cm³/mol. The first-order chi connectivity index (χ1) is 12.4.